The summed E-state index contributed by atoms with van der Waals surface area (Å²) in [6.45, 7) is 0.606. The van der Waals surface area contributed by atoms with Crippen molar-refractivity contribution >= 4 is 17.9 Å². The van der Waals surface area contributed by atoms with E-state index >= 15 is 0 Å². The first-order chi connectivity index (χ1) is 9.40. The van der Waals surface area contributed by atoms with E-state index in [1.807, 2.05) is 0 Å². The number of primary amides is 1. The molecule has 0 heterocycles. The van der Waals surface area contributed by atoms with Gasteiger partial charge in [0, 0.05) is 13.6 Å². The second-order valence-corrected chi connectivity index (χ2v) is 5.40. The van der Waals surface area contributed by atoms with Gasteiger partial charge in [-0.3, -0.25) is 4.79 Å². The van der Waals surface area contributed by atoms with Crippen LogP contribution < -0.4 is 11.1 Å². The molecular weight excluding hydrogens is 262 g/mol. The maximum atomic E-state index is 11.9. The second kappa shape index (κ2) is 7.72. The van der Waals surface area contributed by atoms with Gasteiger partial charge in [-0.2, -0.15) is 0 Å². The number of carbonyl (C=O) groups is 3. The molecular formula is C13H23N3O4. The minimum Gasteiger partial charge on any atom is -0.480 e. The molecule has 1 atom stereocenters. The smallest absolute Gasteiger partial charge is 0.326 e. The Morgan fingerprint density at radius 3 is 2.40 bits per heavy atom. The predicted molar refractivity (Wildman–Crippen MR) is 73.0 cm³/mol. The summed E-state index contributed by atoms with van der Waals surface area (Å²) in [6.07, 6.45) is 5.39. The zero-order chi connectivity index (χ0) is 15.1. The lowest BCUT2D eigenvalue weighted by atomic mass is 9.89. The molecule has 0 saturated heterocycles. The molecule has 0 aromatic heterocycles. The number of hydrogen-bond acceptors (Lipinski definition) is 3. The minimum atomic E-state index is -1.27. The number of nitrogens with two attached hydrogens (primary N) is 1. The molecule has 1 saturated carbocycles. The molecule has 4 N–H and O–H groups in total. The maximum Gasteiger partial charge on any atom is 0.326 e. The van der Waals surface area contributed by atoms with Crippen molar-refractivity contribution in [2.45, 2.75) is 44.6 Å². The fourth-order valence-electron chi connectivity index (χ4n) is 2.50. The van der Waals surface area contributed by atoms with Crippen molar-refractivity contribution in [2.75, 3.05) is 13.6 Å². The molecule has 1 fully saturated rings. The normalized spacial score (nSPS) is 17.2. The third kappa shape index (κ3) is 5.46. The summed E-state index contributed by atoms with van der Waals surface area (Å²) >= 11 is 0. The van der Waals surface area contributed by atoms with Gasteiger partial charge in [0.2, 0.25) is 5.91 Å². The van der Waals surface area contributed by atoms with Crippen LogP contribution in [0.15, 0.2) is 0 Å². The van der Waals surface area contributed by atoms with Crippen LogP contribution in [0.3, 0.4) is 0 Å². The number of hydrogen-bond donors (Lipinski definition) is 3. The Labute approximate surface area is 118 Å². The van der Waals surface area contributed by atoms with Gasteiger partial charge in [0.25, 0.3) is 0 Å². The lowest BCUT2D eigenvalue weighted by Crippen LogP contribution is -2.49. The third-order valence-electron chi connectivity index (χ3n) is 3.60. The summed E-state index contributed by atoms with van der Waals surface area (Å²) in [7, 11) is 1.63. The molecule has 7 nitrogen and oxygen atoms in total. The molecule has 0 unspecified atom stereocenters. The number of rotatable bonds is 6. The van der Waals surface area contributed by atoms with E-state index in [-0.39, 0.29) is 0 Å². The van der Waals surface area contributed by atoms with E-state index in [0.717, 1.165) is 12.8 Å². The molecule has 114 valence electrons. The Kier molecular flexibility index (Phi) is 6.27. The maximum absolute atomic E-state index is 11.9. The molecule has 7 heteroatoms. The number of carboxylic acid groups (broad SMARTS) is 1. The van der Waals surface area contributed by atoms with Crippen molar-refractivity contribution in [2.24, 2.45) is 11.7 Å². The monoisotopic (exact) mass is 285 g/mol. The summed E-state index contributed by atoms with van der Waals surface area (Å²) in [4.78, 5) is 35.1. The van der Waals surface area contributed by atoms with Crippen molar-refractivity contribution in [3.8, 4) is 0 Å². The van der Waals surface area contributed by atoms with E-state index in [1.165, 1.54) is 24.2 Å². The van der Waals surface area contributed by atoms with E-state index in [2.05, 4.69) is 5.32 Å². The van der Waals surface area contributed by atoms with Crippen LogP contribution in [-0.4, -0.2) is 47.5 Å². The van der Waals surface area contributed by atoms with Crippen molar-refractivity contribution in [1.29, 1.82) is 0 Å². The molecule has 0 aliphatic heterocycles. The summed E-state index contributed by atoms with van der Waals surface area (Å²) in [6, 6.07) is -1.75. The number of carbonyl (C=O) groups excluding carboxylic acids is 2. The van der Waals surface area contributed by atoms with Gasteiger partial charge in [-0.25, -0.2) is 9.59 Å². The van der Waals surface area contributed by atoms with E-state index in [1.54, 1.807) is 7.05 Å². The molecule has 1 rings (SSSR count). The van der Waals surface area contributed by atoms with Crippen LogP contribution in [0.1, 0.15) is 38.5 Å². The molecule has 1 aliphatic carbocycles. The van der Waals surface area contributed by atoms with Crippen molar-refractivity contribution in [3.63, 3.8) is 0 Å². The van der Waals surface area contributed by atoms with Crippen LogP contribution in [0.2, 0.25) is 0 Å². The van der Waals surface area contributed by atoms with Crippen LogP contribution in [0.4, 0.5) is 4.79 Å². The van der Waals surface area contributed by atoms with Crippen LogP contribution in [0, 0.1) is 5.92 Å². The van der Waals surface area contributed by atoms with Gasteiger partial charge in [0.05, 0.1) is 6.42 Å². The van der Waals surface area contributed by atoms with Crippen LogP contribution >= 0.6 is 0 Å². The van der Waals surface area contributed by atoms with Gasteiger partial charge >= 0.3 is 12.0 Å². The SMILES string of the molecule is CN(CC1CCCCC1)C(=O)N[C@H](CC(N)=O)C(=O)O. The number of carboxylic acids is 1. The zero-order valence-electron chi connectivity index (χ0n) is 11.8. The minimum absolute atomic E-state index is 0.404. The summed E-state index contributed by atoms with van der Waals surface area (Å²) in [5, 5.41) is 11.3. The van der Waals surface area contributed by atoms with Crippen molar-refractivity contribution in [3.05, 3.63) is 0 Å². The third-order valence-corrected chi connectivity index (χ3v) is 3.60. The average Bonchev–Trinajstić information content (AvgIpc) is 2.38. The number of urea groups is 1. The molecule has 0 aromatic rings. The fraction of sp³-hybridized carbons (Fsp3) is 0.769. The molecule has 0 bridgehead atoms. The number of amides is 3. The Morgan fingerprint density at radius 1 is 1.30 bits per heavy atom. The van der Waals surface area contributed by atoms with E-state index < -0.39 is 30.4 Å². The zero-order valence-corrected chi connectivity index (χ0v) is 11.8. The Hall–Kier alpha value is -1.79. The first-order valence-corrected chi connectivity index (χ1v) is 6.93. The molecule has 3 amide bonds. The molecule has 0 aromatic carbocycles. The summed E-state index contributed by atoms with van der Waals surface area (Å²) in [5.74, 6) is -1.55. The van der Waals surface area contributed by atoms with Gasteiger partial charge in [0.15, 0.2) is 0 Å². The molecule has 0 radical (unpaired) electrons. The van der Waals surface area contributed by atoms with E-state index in [9.17, 15) is 14.4 Å². The average molecular weight is 285 g/mol. The highest BCUT2D eigenvalue weighted by molar-refractivity contribution is 5.87. The largest absolute Gasteiger partial charge is 0.480 e. The van der Waals surface area contributed by atoms with E-state index in [4.69, 9.17) is 10.8 Å². The standard InChI is InChI=1S/C13H23N3O4/c1-16(8-9-5-3-2-4-6-9)13(20)15-10(12(18)19)7-11(14)17/h9-10H,2-8H2,1H3,(H2,14,17)(H,15,20)(H,18,19)/t10-/m1/s1. The van der Waals surface area contributed by atoms with Gasteiger partial charge in [-0.05, 0) is 18.8 Å². The predicted octanol–water partition coefficient (Wildman–Crippen LogP) is 0.537. The molecule has 20 heavy (non-hydrogen) atoms. The topological polar surface area (TPSA) is 113 Å². The second-order valence-electron chi connectivity index (χ2n) is 5.40. The first kappa shape index (κ1) is 16.3. The Balaban J connectivity index is 2.45. The highest BCUT2D eigenvalue weighted by Gasteiger charge is 2.25. The van der Waals surface area contributed by atoms with Crippen molar-refractivity contribution < 1.29 is 19.5 Å². The van der Waals surface area contributed by atoms with Crippen LogP contribution in [0.25, 0.3) is 0 Å². The lowest BCUT2D eigenvalue weighted by Gasteiger charge is -2.28. The highest BCUT2D eigenvalue weighted by Crippen LogP contribution is 2.24. The Bertz CT molecular complexity index is 367. The van der Waals surface area contributed by atoms with Gasteiger partial charge in [-0.15, -0.1) is 0 Å². The fourth-order valence-corrected chi connectivity index (χ4v) is 2.50. The summed E-state index contributed by atoms with van der Waals surface area (Å²) in [5.41, 5.74) is 4.97. The molecule has 1 aliphatic rings. The van der Waals surface area contributed by atoms with Crippen molar-refractivity contribution in [1.82, 2.24) is 10.2 Å². The van der Waals surface area contributed by atoms with Crippen LogP contribution in [-0.2, 0) is 9.59 Å². The number of nitrogens with one attached hydrogen (secondary N) is 1. The first-order valence-electron chi connectivity index (χ1n) is 6.93. The lowest BCUT2D eigenvalue weighted by molar-refractivity contribution is -0.140. The van der Waals surface area contributed by atoms with Gasteiger partial charge in [0.1, 0.15) is 6.04 Å². The van der Waals surface area contributed by atoms with Crippen LogP contribution in [0.5, 0.6) is 0 Å². The number of nitrogens with zero attached hydrogens (tertiary/aromatic N) is 1. The molecule has 0 spiro atoms. The quantitative estimate of drug-likeness (QED) is 0.661. The Morgan fingerprint density at radius 2 is 1.90 bits per heavy atom. The van der Waals surface area contributed by atoms with E-state index in [0.29, 0.717) is 12.5 Å². The summed E-state index contributed by atoms with van der Waals surface area (Å²) < 4.78 is 0. The van der Waals surface area contributed by atoms with Gasteiger partial charge in [-0.1, -0.05) is 19.3 Å². The van der Waals surface area contributed by atoms with Gasteiger partial charge < -0.3 is 21.1 Å². The number of aliphatic carboxylic acids is 1. The highest BCUT2D eigenvalue weighted by atomic mass is 16.4.